The topological polar surface area (TPSA) is 7.12 Å². The van der Waals surface area contributed by atoms with E-state index in [-0.39, 0.29) is 24.0 Å². The molecule has 0 spiro atoms. The summed E-state index contributed by atoms with van der Waals surface area (Å²) in [6.45, 7) is 11.7. The summed E-state index contributed by atoms with van der Waals surface area (Å²) in [5, 5.41) is 1.27. The van der Waals surface area contributed by atoms with E-state index in [1.807, 2.05) is 11.3 Å². The number of allylic oxidation sites excluding steroid dienone is 4. The Bertz CT molecular complexity index is 865. The van der Waals surface area contributed by atoms with Crippen LogP contribution in [0.4, 0.5) is 0 Å². The lowest BCUT2D eigenvalue weighted by molar-refractivity contribution is -0.642. The van der Waals surface area contributed by atoms with Crippen LogP contribution in [0, 0.1) is 11.8 Å². The number of nitrogens with zero attached hydrogens (tertiary/aromatic N) is 2. The standard InChI is InChI=1S/C30H47N2S.HI/c1-6-10-18-26(8-3)24-32(25-27(9-4)19-11-7-2)23-17-13-12-14-22-30-31(5)28-20-15-16-21-29(28)33-30;/h12-17,20-23,26-27H,6-11,18-19,24-25H2,1-5H3;1H/q+1;/p-1. The Morgan fingerprint density at radius 3 is 2.00 bits per heavy atom. The quantitative estimate of drug-likeness (QED) is 0.141. The molecule has 0 fully saturated rings. The predicted octanol–water partition coefficient (Wildman–Crippen LogP) is 5.55. The highest BCUT2D eigenvalue weighted by Gasteiger charge is 2.15. The summed E-state index contributed by atoms with van der Waals surface area (Å²) in [6, 6.07) is 8.60. The van der Waals surface area contributed by atoms with Gasteiger partial charge >= 0.3 is 0 Å². The van der Waals surface area contributed by atoms with Crippen molar-refractivity contribution in [2.45, 2.75) is 79.1 Å². The summed E-state index contributed by atoms with van der Waals surface area (Å²) < 4.78 is 3.60. The molecule has 0 aliphatic heterocycles. The number of hydrogen-bond acceptors (Lipinski definition) is 2. The van der Waals surface area contributed by atoms with Crippen LogP contribution in [0.3, 0.4) is 0 Å². The van der Waals surface area contributed by atoms with E-state index in [1.165, 1.54) is 79.7 Å². The summed E-state index contributed by atoms with van der Waals surface area (Å²) in [4.78, 5) is 2.60. The van der Waals surface area contributed by atoms with Gasteiger partial charge in [-0.3, -0.25) is 0 Å². The number of benzene rings is 1. The van der Waals surface area contributed by atoms with Crippen molar-refractivity contribution in [3.8, 4) is 0 Å². The van der Waals surface area contributed by atoms with Gasteiger partial charge in [0.05, 0.1) is 0 Å². The number of hydrogen-bond donors (Lipinski definition) is 0. The number of unbranched alkanes of at least 4 members (excludes halogenated alkanes) is 2. The van der Waals surface area contributed by atoms with Gasteiger partial charge in [-0.15, -0.1) is 0 Å². The molecule has 0 saturated carbocycles. The van der Waals surface area contributed by atoms with E-state index in [4.69, 9.17) is 0 Å². The van der Waals surface area contributed by atoms with Crippen molar-refractivity contribution in [2.24, 2.45) is 18.9 Å². The third kappa shape index (κ3) is 10.6. The zero-order valence-electron chi connectivity index (χ0n) is 22.2. The van der Waals surface area contributed by atoms with Crippen LogP contribution in [0.1, 0.15) is 84.1 Å². The Kier molecular flexibility index (Phi) is 16.5. The van der Waals surface area contributed by atoms with Crippen LogP contribution in [-0.2, 0) is 7.05 Å². The number of aromatic nitrogens is 1. The lowest BCUT2D eigenvalue weighted by Crippen LogP contribution is -3.00. The van der Waals surface area contributed by atoms with E-state index in [0.717, 1.165) is 11.8 Å². The van der Waals surface area contributed by atoms with Crippen LogP contribution in [0.5, 0.6) is 0 Å². The second kappa shape index (κ2) is 18.2. The molecule has 0 saturated heterocycles. The molecule has 0 aliphatic carbocycles. The van der Waals surface area contributed by atoms with E-state index in [0.29, 0.717) is 0 Å². The van der Waals surface area contributed by atoms with E-state index in [1.54, 1.807) is 0 Å². The Hall–Kier alpha value is -1.14. The van der Waals surface area contributed by atoms with Crippen molar-refractivity contribution in [3.05, 3.63) is 59.8 Å². The fourth-order valence-corrected chi connectivity index (χ4v) is 5.46. The normalized spacial score (nSPS) is 13.8. The molecule has 2 atom stereocenters. The first kappa shape index (κ1) is 30.9. The van der Waals surface area contributed by atoms with Crippen molar-refractivity contribution in [3.63, 3.8) is 0 Å². The molecule has 190 valence electrons. The van der Waals surface area contributed by atoms with Crippen LogP contribution in [0.2, 0.25) is 0 Å². The molecule has 0 radical (unpaired) electrons. The molecule has 0 bridgehead atoms. The monoisotopic (exact) mass is 594 g/mol. The maximum absolute atomic E-state index is 2.60. The Morgan fingerprint density at radius 2 is 1.44 bits per heavy atom. The minimum atomic E-state index is 0. The number of rotatable bonds is 16. The van der Waals surface area contributed by atoms with Crippen LogP contribution >= 0.6 is 11.3 Å². The van der Waals surface area contributed by atoms with Crippen molar-refractivity contribution in [2.75, 3.05) is 13.1 Å². The van der Waals surface area contributed by atoms with Gasteiger partial charge in [-0.2, -0.15) is 4.57 Å². The summed E-state index contributed by atoms with van der Waals surface area (Å²) in [5.41, 5.74) is 1.30. The van der Waals surface area contributed by atoms with Gasteiger partial charge in [0.2, 0.25) is 5.52 Å². The molecular formula is C30H47IN2S. The SMILES string of the molecule is CCCCC(CC)CN(C=C/C=C/C=C/c1sc2ccccc2[n+]1C)CC(CC)CCCC.[I-]. The number of para-hydroxylation sites is 1. The number of aryl methyl sites for hydroxylation is 1. The molecular weight excluding hydrogens is 547 g/mol. The van der Waals surface area contributed by atoms with Crippen LogP contribution in [-0.4, -0.2) is 18.0 Å². The number of fused-ring (bicyclic) bond motifs is 1. The van der Waals surface area contributed by atoms with Crippen LogP contribution in [0.15, 0.2) is 54.8 Å². The first-order chi connectivity index (χ1) is 16.1. The van der Waals surface area contributed by atoms with E-state index < -0.39 is 0 Å². The molecule has 1 heterocycles. The first-order valence-corrected chi connectivity index (χ1v) is 14.1. The summed E-state index contributed by atoms with van der Waals surface area (Å²) in [6.07, 6.45) is 23.8. The van der Waals surface area contributed by atoms with Gasteiger partial charge in [0, 0.05) is 25.2 Å². The molecule has 2 nitrogen and oxygen atoms in total. The minimum absolute atomic E-state index is 0. The first-order valence-electron chi connectivity index (χ1n) is 13.3. The molecule has 2 unspecified atom stereocenters. The fourth-order valence-electron chi connectivity index (χ4n) is 4.40. The number of halogens is 1. The summed E-state index contributed by atoms with van der Waals surface area (Å²) in [7, 11) is 2.14. The lowest BCUT2D eigenvalue weighted by atomic mass is 9.96. The van der Waals surface area contributed by atoms with Crippen molar-refractivity contribution in [1.29, 1.82) is 0 Å². The third-order valence-electron chi connectivity index (χ3n) is 6.71. The molecule has 2 rings (SSSR count). The van der Waals surface area contributed by atoms with E-state index in [9.17, 15) is 0 Å². The van der Waals surface area contributed by atoms with Gasteiger partial charge in [0.15, 0.2) is 0 Å². The molecule has 1 aromatic heterocycles. The van der Waals surface area contributed by atoms with Gasteiger partial charge in [-0.1, -0.05) is 108 Å². The van der Waals surface area contributed by atoms with Crippen molar-refractivity contribution < 1.29 is 28.5 Å². The van der Waals surface area contributed by atoms with Crippen LogP contribution in [0.25, 0.3) is 16.3 Å². The molecule has 0 amide bonds. The predicted molar refractivity (Wildman–Crippen MR) is 148 cm³/mol. The maximum Gasteiger partial charge on any atom is 0.262 e. The van der Waals surface area contributed by atoms with Gasteiger partial charge in [-0.05, 0) is 43.0 Å². The smallest absolute Gasteiger partial charge is 0.262 e. The molecule has 0 N–H and O–H groups in total. The van der Waals surface area contributed by atoms with Crippen LogP contribution < -0.4 is 28.5 Å². The highest BCUT2D eigenvalue weighted by molar-refractivity contribution is 7.18. The summed E-state index contributed by atoms with van der Waals surface area (Å²) in [5.74, 6) is 1.60. The second-order valence-corrected chi connectivity index (χ2v) is 10.4. The number of thiazole rings is 1. The highest BCUT2D eigenvalue weighted by atomic mass is 127. The Morgan fingerprint density at radius 1 is 0.853 bits per heavy atom. The lowest BCUT2D eigenvalue weighted by Gasteiger charge is -2.29. The second-order valence-electron chi connectivity index (χ2n) is 9.34. The third-order valence-corrected chi connectivity index (χ3v) is 7.90. The van der Waals surface area contributed by atoms with E-state index >= 15 is 0 Å². The van der Waals surface area contributed by atoms with Gasteiger partial charge in [-0.25, -0.2) is 0 Å². The largest absolute Gasteiger partial charge is 1.00 e. The van der Waals surface area contributed by atoms with Gasteiger partial charge < -0.3 is 28.9 Å². The molecule has 0 aliphatic rings. The summed E-state index contributed by atoms with van der Waals surface area (Å²) >= 11 is 1.84. The average molecular weight is 595 g/mol. The molecule has 34 heavy (non-hydrogen) atoms. The fraction of sp³-hybridized carbons (Fsp3) is 0.567. The molecule has 2 aromatic rings. The van der Waals surface area contributed by atoms with Crippen molar-refractivity contribution >= 4 is 27.6 Å². The van der Waals surface area contributed by atoms with E-state index in [2.05, 4.69) is 105 Å². The average Bonchev–Trinajstić information content (AvgIpc) is 3.16. The highest BCUT2D eigenvalue weighted by Crippen LogP contribution is 2.21. The Balaban J connectivity index is 0.00000578. The van der Waals surface area contributed by atoms with Gasteiger partial charge in [0.25, 0.3) is 5.01 Å². The van der Waals surface area contributed by atoms with Gasteiger partial charge in [0.1, 0.15) is 11.7 Å². The van der Waals surface area contributed by atoms with Crippen molar-refractivity contribution in [1.82, 2.24) is 4.90 Å². The zero-order chi connectivity index (χ0) is 23.9. The maximum atomic E-state index is 2.60. The Labute approximate surface area is 230 Å². The minimum Gasteiger partial charge on any atom is -1.00 e. The molecule has 1 aromatic carbocycles. The molecule has 4 heteroatoms. The zero-order valence-corrected chi connectivity index (χ0v) is 25.2.